The minimum Gasteiger partial charge on any atom is -0.493 e. The number of rotatable bonds is 8. The minimum absolute atomic E-state index is 0.0499. The molecule has 0 bridgehead atoms. The molecule has 1 aromatic heterocycles. The van der Waals surface area contributed by atoms with E-state index >= 15 is 0 Å². The van der Waals surface area contributed by atoms with Crippen molar-refractivity contribution in [1.82, 2.24) is 10.4 Å². The number of carbonyl (C=O) groups excluding carboxylic acids is 1. The van der Waals surface area contributed by atoms with Crippen molar-refractivity contribution in [3.8, 4) is 11.5 Å². The van der Waals surface area contributed by atoms with Gasteiger partial charge in [-0.2, -0.15) is 13.5 Å². The van der Waals surface area contributed by atoms with Gasteiger partial charge in [0.05, 0.1) is 19.7 Å². The Morgan fingerprint density at radius 2 is 1.86 bits per heavy atom. The normalized spacial score (nSPS) is 11.6. The second-order valence-electron chi connectivity index (χ2n) is 8.05. The maximum absolute atomic E-state index is 12.8. The van der Waals surface area contributed by atoms with Gasteiger partial charge in [0.1, 0.15) is 4.90 Å². The average Bonchev–Trinajstić information content (AvgIpc) is 3.24. The number of amides is 1. The van der Waals surface area contributed by atoms with E-state index < -0.39 is 10.1 Å². The first-order chi connectivity index (χ1) is 16.8. The maximum Gasteiger partial charge on any atom is 0.339 e. The third kappa shape index (κ3) is 5.52. The molecule has 0 radical (unpaired) electrons. The van der Waals surface area contributed by atoms with Crippen LogP contribution in [0.3, 0.4) is 0 Å². The summed E-state index contributed by atoms with van der Waals surface area (Å²) in [7, 11) is -2.64. The predicted octanol–water partition coefficient (Wildman–Crippen LogP) is 4.25. The molecule has 4 aromatic rings. The highest BCUT2D eigenvalue weighted by atomic mass is 32.2. The fraction of sp³-hybridized carbons (Fsp3) is 0.154. The molecule has 0 aliphatic carbocycles. The molecular weight excluding hydrogens is 466 g/mol. The average molecular weight is 492 g/mol. The molecule has 0 saturated carbocycles. The number of aromatic nitrogens is 1. The molecular formula is C26H25N3O5S. The number of methoxy groups -OCH3 is 1. The Kier molecular flexibility index (Phi) is 6.88. The van der Waals surface area contributed by atoms with E-state index in [1.807, 2.05) is 43.5 Å². The molecule has 1 heterocycles. The number of aryl methyl sites for hydroxylation is 2. The van der Waals surface area contributed by atoms with E-state index in [9.17, 15) is 13.2 Å². The van der Waals surface area contributed by atoms with Crippen LogP contribution in [0.25, 0.3) is 10.9 Å². The molecule has 0 spiro atoms. The second-order valence-corrected chi connectivity index (χ2v) is 9.56. The highest BCUT2D eigenvalue weighted by Gasteiger charge is 2.21. The Hall–Kier alpha value is -4.11. The van der Waals surface area contributed by atoms with Gasteiger partial charge in [0, 0.05) is 17.1 Å². The van der Waals surface area contributed by atoms with Crippen molar-refractivity contribution >= 4 is 33.1 Å². The lowest BCUT2D eigenvalue weighted by Gasteiger charge is -2.13. The summed E-state index contributed by atoms with van der Waals surface area (Å²) in [6.07, 6.45) is 3.43. The van der Waals surface area contributed by atoms with Crippen LogP contribution in [0.1, 0.15) is 22.3 Å². The van der Waals surface area contributed by atoms with E-state index in [1.54, 1.807) is 31.2 Å². The van der Waals surface area contributed by atoms with Gasteiger partial charge in [-0.25, -0.2) is 5.43 Å². The van der Waals surface area contributed by atoms with Crippen molar-refractivity contribution < 1.29 is 22.1 Å². The van der Waals surface area contributed by atoms with Gasteiger partial charge in [-0.3, -0.25) is 4.79 Å². The first-order valence-electron chi connectivity index (χ1n) is 10.8. The summed E-state index contributed by atoms with van der Waals surface area (Å²) in [6, 6.07) is 17.6. The highest BCUT2D eigenvalue weighted by Crippen LogP contribution is 2.31. The van der Waals surface area contributed by atoms with Gasteiger partial charge in [-0.1, -0.05) is 30.3 Å². The molecule has 35 heavy (non-hydrogen) atoms. The zero-order valence-electron chi connectivity index (χ0n) is 19.5. The molecule has 8 nitrogen and oxygen atoms in total. The zero-order chi connectivity index (χ0) is 25.0. The molecule has 2 N–H and O–H groups in total. The fourth-order valence-electron chi connectivity index (χ4n) is 3.64. The summed E-state index contributed by atoms with van der Waals surface area (Å²) < 4.78 is 36.4. The first-order valence-corrected chi connectivity index (χ1v) is 12.2. The quantitative estimate of drug-likeness (QED) is 0.218. The number of H-pyrrole nitrogens is 1. The predicted molar refractivity (Wildman–Crippen MR) is 134 cm³/mol. The Morgan fingerprint density at radius 1 is 1.06 bits per heavy atom. The Bertz CT molecular complexity index is 1520. The number of ether oxygens (including phenoxy) is 1. The number of para-hydroxylation sites is 1. The first kappa shape index (κ1) is 24.0. The van der Waals surface area contributed by atoms with E-state index in [1.165, 1.54) is 19.4 Å². The molecule has 0 saturated heterocycles. The largest absolute Gasteiger partial charge is 0.493 e. The Morgan fingerprint density at radius 3 is 2.66 bits per heavy atom. The van der Waals surface area contributed by atoms with E-state index in [-0.39, 0.29) is 28.7 Å². The topological polar surface area (TPSA) is 110 Å². The van der Waals surface area contributed by atoms with Crippen LogP contribution in [-0.2, 0) is 21.3 Å². The molecule has 180 valence electrons. The van der Waals surface area contributed by atoms with Crippen molar-refractivity contribution in [2.75, 3.05) is 7.11 Å². The van der Waals surface area contributed by atoms with Crippen LogP contribution < -0.4 is 14.3 Å². The van der Waals surface area contributed by atoms with Gasteiger partial charge in [0.15, 0.2) is 11.5 Å². The van der Waals surface area contributed by atoms with Gasteiger partial charge in [-0.15, -0.1) is 0 Å². The number of nitrogens with zero attached hydrogens (tertiary/aromatic N) is 1. The monoisotopic (exact) mass is 491 g/mol. The summed E-state index contributed by atoms with van der Waals surface area (Å²) in [4.78, 5) is 15.6. The number of hydrogen-bond acceptors (Lipinski definition) is 6. The van der Waals surface area contributed by atoms with E-state index in [0.29, 0.717) is 11.1 Å². The standard InChI is InChI=1S/C26H25N3O5S/c1-17-8-9-18(2)25(12-17)35(31,32)34-23-11-10-19(13-24(23)33-3)15-28-29-26(30)14-20-16-27-22-7-5-4-6-21(20)22/h4-13,15-16,27H,14H2,1-3H3,(H,29,30)/b28-15+. The van der Waals surface area contributed by atoms with E-state index in [0.717, 1.165) is 22.0 Å². The fourth-order valence-corrected chi connectivity index (χ4v) is 4.90. The number of nitrogens with one attached hydrogen (secondary N) is 2. The molecule has 0 aliphatic rings. The number of carbonyl (C=O) groups is 1. The van der Waals surface area contributed by atoms with Crippen molar-refractivity contribution in [3.63, 3.8) is 0 Å². The molecule has 1 amide bonds. The lowest BCUT2D eigenvalue weighted by Crippen LogP contribution is -2.19. The van der Waals surface area contributed by atoms with Gasteiger partial charge in [-0.05, 0) is 66.4 Å². The molecule has 0 aliphatic heterocycles. The lowest BCUT2D eigenvalue weighted by atomic mass is 10.1. The van der Waals surface area contributed by atoms with Crippen molar-refractivity contribution in [1.29, 1.82) is 0 Å². The summed E-state index contributed by atoms with van der Waals surface area (Å²) in [5, 5.41) is 4.99. The summed E-state index contributed by atoms with van der Waals surface area (Å²) in [6.45, 7) is 3.52. The summed E-state index contributed by atoms with van der Waals surface area (Å²) >= 11 is 0. The van der Waals surface area contributed by atoms with Crippen LogP contribution >= 0.6 is 0 Å². The van der Waals surface area contributed by atoms with E-state index in [4.69, 9.17) is 8.92 Å². The van der Waals surface area contributed by atoms with E-state index in [2.05, 4.69) is 15.5 Å². The zero-order valence-corrected chi connectivity index (χ0v) is 20.3. The second kappa shape index (κ2) is 10.0. The minimum atomic E-state index is -4.05. The SMILES string of the molecule is COc1cc(/C=N/NC(=O)Cc2c[nH]c3ccccc23)ccc1OS(=O)(=O)c1cc(C)ccc1C. The summed E-state index contributed by atoms with van der Waals surface area (Å²) in [5.74, 6) is -0.000540. The number of hydrogen-bond donors (Lipinski definition) is 2. The van der Waals surface area contributed by atoms with Crippen LogP contribution in [0.2, 0.25) is 0 Å². The molecule has 9 heteroatoms. The number of hydrazone groups is 1. The molecule has 0 unspecified atom stereocenters. The summed E-state index contributed by atoms with van der Waals surface area (Å²) in [5.41, 5.74) is 6.33. The molecule has 3 aromatic carbocycles. The molecule has 0 atom stereocenters. The Balaban J connectivity index is 1.44. The smallest absolute Gasteiger partial charge is 0.339 e. The lowest BCUT2D eigenvalue weighted by molar-refractivity contribution is -0.120. The van der Waals surface area contributed by atoms with Crippen LogP contribution in [0.5, 0.6) is 11.5 Å². The van der Waals surface area contributed by atoms with Crippen molar-refractivity contribution in [3.05, 3.63) is 89.1 Å². The van der Waals surface area contributed by atoms with Gasteiger partial charge in [0.25, 0.3) is 0 Å². The van der Waals surface area contributed by atoms with Gasteiger partial charge in [0.2, 0.25) is 5.91 Å². The third-order valence-electron chi connectivity index (χ3n) is 5.43. The van der Waals surface area contributed by atoms with Crippen LogP contribution in [0.15, 0.2) is 76.9 Å². The number of fused-ring (bicyclic) bond motifs is 1. The number of aromatic amines is 1. The van der Waals surface area contributed by atoms with Crippen molar-refractivity contribution in [2.24, 2.45) is 5.10 Å². The molecule has 0 fully saturated rings. The van der Waals surface area contributed by atoms with Crippen LogP contribution in [-0.4, -0.2) is 32.6 Å². The molecule has 4 rings (SSSR count). The third-order valence-corrected chi connectivity index (χ3v) is 6.81. The van der Waals surface area contributed by atoms with Crippen LogP contribution in [0.4, 0.5) is 0 Å². The number of benzene rings is 3. The Labute approximate surface area is 203 Å². The maximum atomic E-state index is 12.8. The van der Waals surface area contributed by atoms with Crippen LogP contribution in [0, 0.1) is 13.8 Å². The highest BCUT2D eigenvalue weighted by molar-refractivity contribution is 7.87. The van der Waals surface area contributed by atoms with Gasteiger partial charge >= 0.3 is 10.1 Å². The van der Waals surface area contributed by atoms with Crippen molar-refractivity contribution in [2.45, 2.75) is 25.2 Å². The van der Waals surface area contributed by atoms with Gasteiger partial charge < -0.3 is 13.9 Å².